The van der Waals surface area contributed by atoms with Gasteiger partial charge in [-0.2, -0.15) is 0 Å². The van der Waals surface area contributed by atoms with Crippen LogP contribution in [-0.4, -0.2) is 42.9 Å². The van der Waals surface area contributed by atoms with Crippen molar-refractivity contribution in [3.05, 3.63) is 35.4 Å². The third-order valence-electron chi connectivity index (χ3n) is 3.54. The highest BCUT2D eigenvalue weighted by Crippen LogP contribution is 2.13. The largest absolute Gasteiger partial charge is 0.353 e. The molecular formula is C18H29N3O2. The molecule has 2 N–H and O–H groups in total. The molecule has 0 spiro atoms. The second-order valence-corrected chi connectivity index (χ2v) is 6.28. The minimum atomic E-state index is -0.0862. The summed E-state index contributed by atoms with van der Waals surface area (Å²) < 4.78 is 0. The Morgan fingerprint density at radius 3 is 2.00 bits per heavy atom. The lowest BCUT2D eigenvalue weighted by Gasteiger charge is -2.19. The number of hydrogen-bond acceptors (Lipinski definition) is 3. The average Bonchev–Trinajstić information content (AvgIpc) is 2.45. The molecule has 5 heteroatoms. The molecule has 0 fully saturated rings. The van der Waals surface area contributed by atoms with Crippen LogP contribution in [0, 0.1) is 0 Å². The zero-order valence-corrected chi connectivity index (χ0v) is 14.8. The van der Waals surface area contributed by atoms with E-state index in [4.69, 9.17) is 0 Å². The third-order valence-corrected chi connectivity index (χ3v) is 3.54. The standard InChI is InChI=1S/C18H29N3O2/c1-6-15-7-9-16(10-8-15)14(4)20-18(23)12-21(5)11-17(22)19-13(2)3/h7-10,13-14H,6,11-12H2,1-5H3,(H,19,22)(H,20,23)/t14-/m0/s1. The van der Waals surface area contributed by atoms with E-state index in [1.807, 2.05) is 32.9 Å². The maximum atomic E-state index is 12.1. The van der Waals surface area contributed by atoms with E-state index in [0.717, 1.165) is 12.0 Å². The van der Waals surface area contributed by atoms with Gasteiger partial charge >= 0.3 is 0 Å². The Morgan fingerprint density at radius 1 is 1.00 bits per heavy atom. The average molecular weight is 319 g/mol. The van der Waals surface area contributed by atoms with Gasteiger partial charge in [0.15, 0.2) is 0 Å². The predicted octanol–water partition coefficient (Wildman–Crippen LogP) is 1.88. The topological polar surface area (TPSA) is 61.4 Å². The minimum Gasteiger partial charge on any atom is -0.353 e. The van der Waals surface area contributed by atoms with Gasteiger partial charge in [0.25, 0.3) is 0 Å². The van der Waals surface area contributed by atoms with E-state index < -0.39 is 0 Å². The molecule has 0 radical (unpaired) electrons. The minimum absolute atomic E-state index is 0.0497. The van der Waals surface area contributed by atoms with Crippen molar-refractivity contribution in [2.75, 3.05) is 20.1 Å². The summed E-state index contributed by atoms with van der Waals surface area (Å²) in [6.07, 6.45) is 1.00. The molecule has 0 saturated carbocycles. The predicted molar refractivity (Wildman–Crippen MR) is 93.2 cm³/mol. The molecule has 1 atom stereocenters. The molecular weight excluding hydrogens is 290 g/mol. The van der Waals surface area contributed by atoms with Crippen molar-refractivity contribution >= 4 is 11.8 Å². The van der Waals surface area contributed by atoms with Gasteiger partial charge in [-0.25, -0.2) is 0 Å². The van der Waals surface area contributed by atoms with Gasteiger partial charge in [0.05, 0.1) is 19.1 Å². The van der Waals surface area contributed by atoms with E-state index in [1.54, 1.807) is 11.9 Å². The second-order valence-electron chi connectivity index (χ2n) is 6.28. The monoisotopic (exact) mass is 319 g/mol. The van der Waals surface area contributed by atoms with Crippen LogP contribution in [0.25, 0.3) is 0 Å². The van der Waals surface area contributed by atoms with Crippen molar-refractivity contribution in [3.63, 3.8) is 0 Å². The molecule has 1 rings (SSSR count). The van der Waals surface area contributed by atoms with Crippen molar-refractivity contribution in [2.45, 2.75) is 46.2 Å². The van der Waals surface area contributed by atoms with Crippen molar-refractivity contribution < 1.29 is 9.59 Å². The Labute approximate surface area is 139 Å². The summed E-state index contributed by atoms with van der Waals surface area (Å²) in [7, 11) is 1.76. The first-order chi connectivity index (χ1) is 10.8. The van der Waals surface area contributed by atoms with Gasteiger partial charge in [0.2, 0.25) is 11.8 Å². The van der Waals surface area contributed by atoms with Crippen molar-refractivity contribution in [1.82, 2.24) is 15.5 Å². The van der Waals surface area contributed by atoms with Crippen molar-refractivity contribution in [2.24, 2.45) is 0 Å². The van der Waals surface area contributed by atoms with Crippen molar-refractivity contribution in [1.29, 1.82) is 0 Å². The summed E-state index contributed by atoms with van der Waals surface area (Å²) in [5.74, 6) is -0.157. The van der Waals surface area contributed by atoms with Crippen LogP contribution in [-0.2, 0) is 16.0 Å². The first-order valence-electron chi connectivity index (χ1n) is 8.18. The van der Waals surface area contributed by atoms with Crippen molar-refractivity contribution in [3.8, 4) is 0 Å². The normalized spacial score (nSPS) is 12.3. The molecule has 0 saturated heterocycles. The molecule has 1 aromatic rings. The summed E-state index contributed by atoms with van der Waals surface area (Å²) in [6.45, 7) is 8.32. The summed E-state index contributed by atoms with van der Waals surface area (Å²) in [5.41, 5.74) is 2.36. The molecule has 0 aliphatic heterocycles. The SMILES string of the molecule is CCc1ccc([C@H](C)NC(=O)CN(C)CC(=O)NC(C)C)cc1. The van der Waals surface area contributed by atoms with Crippen LogP contribution in [0.1, 0.15) is 44.9 Å². The van der Waals surface area contributed by atoms with Gasteiger partial charge < -0.3 is 10.6 Å². The lowest BCUT2D eigenvalue weighted by atomic mass is 10.1. The zero-order valence-electron chi connectivity index (χ0n) is 14.8. The first-order valence-corrected chi connectivity index (χ1v) is 8.18. The summed E-state index contributed by atoms with van der Waals surface area (Å²) in [5, 5.41) is 5.78. The number of rotatable bonds is 8. The molecule has 0 aromatic heterocycles. The molecule has 0 aliphatic carbocycles. The van der Waals surface area contributed by atoms with Gasteiger partial charge in [-0.3, -0.25) is 14.5 Å². The number of aryl methyl sites for hydroxylation is 1. The number of nitrogens with one attached hydrogen (secondary N) is 2. The fraction of sp³-hybridized carbons (Fsp3) is 0.556. The number of carbonyl (C=O) groups excluding carboxylic acids is 2. The highest BCUT2D eigenvalue weighted by Gasteiger charge is 2.14. The molecule has 2 amide bonds. The Bertz CT molecular complexity index is 512. The quantitative estimate of drug-likeness (QED) is 0.769. The van der Waals surface area contributed by atoms with Crippen LogP contribution in [0.5, 0.6) is 0 Å². The Morgan fingerprint density at radius 2 is 1.52 bits per heavy atom. The number of nitrogens with zero attached hydrogens (tertiary/aromatic N) is 1. The molecule has 1 aromatic carbocycles. The smallest absolute Gasteiger partial charge is 0.234 e. The van der Waals surface area contributed by atoms with Gasteiger partial charge in [-0.1, -0.05) is 31.2 Å². The number of benzene rings is 1. The van der Waals surface area contributed by atoms with Crippen LogP contribution in [0.3, 0.4) is 0 Å². The lowest BCUT2D eigenvalue weighted by molar-refractivity contribution is -0.125. The summed E-state index contributed by atoms with van der Waals surface area (Å²) in [4.78, 5) is 25.5. The van der Waals surface area contributed by atoms with E-state index in [2.05, 4.69) is 29.7 Å². The van der Waals surface area contributed by atoms with E-state index in [-0.39, 0.29) is 37.0 Å². The maximum absolute atomic E-state index is 12.1. The molecule has 5 nitrogen and oxygen atoms in total. The highest BCUT2D eigenvalue weighted by atomic mass is 16.2. The molecule has 0 heterocycles. The summed E-state index contributed by atoms with van der Waals surface area (Å²) in [6, 6.07) is 8.32. The van der Waals surface area contributed by atoms with Gasteiger partial charge in [-0.15, -0.1) is 0 Å². The number of likely N-dealkylation sites (N-methyl/N-ethyl adjacent to an activating group) is 1. The van der Waals surface area contributed by atoms with E-state index in [0.29, 0.717) is 0 Å². The maximum Gasteiger partial charge on any atom is 0.234 e. The van der Waals surface area contributed by atoms with E-state index in [9.17, 15) is 9.59 Å². The Balaban J connectivity index is 2.43. The number of hydrogen-bond donors (Lipinski definition) is 2. The lowest BCUT2D eigenvalue weighted by Crippen LogP contribution is -2.42. The third kappa shape index (κ3) is 7.28. The van der Waals surface area contributed by atoms with Gasteiger partial charge in [0.1, 0.15) is 0 Å². The van der Waals surface area contributed by atoms with E-state index >= 15 is 0 Å². The fourth-order valence-corrected chi connectivity index (χ4v) is 2.33. The molecule has 0 unspecified atom stereocenters. The zero-order chi connectivity index (χ0) is 17.4. The Kier molecular flexibility index (Phi) is 7.75. The molecule has 0 bridgehead atoms. The van der Waals surface area contributed by atoms with Crippen LogP contribution in [0.4, 0.5) is 0 Å². The van der Waals surface area contributed by atoms with E-state index in [1.165, 1.54) is 5.56 Å². The van der Waals surface area contributed by atoms with Crippen LogP contribution in [0.15, 0.2) is 24.3 Å². The van der Waals surface area contributed by atoms with Crippen LogP contribution < -0.4 is 10.6 Å². The molecule has 0 aliphatic rings. The highest BCUT2D eigenvalue weighted by molar-refractivity contribution is 5.81. The number of amides is 2. The second kappa shape index (κ2) is 9.30. The van der Waals surface area contributed by atoms with Crippen LogP contribution in [0.2, 0.25) is 0 Å². The van der Waals surface area contributed by atoms with Gasteiger partial charge in [-0.05, 0) is 45.4 Å². The fourth-order valence-electron chi connectivity index (χ4n) is 2.33. The first kappa shape index (κ1) is 19.2. The number of carbonyl (C=O) groups is 2. The van der Waals surface area contributed by atoms with Crippen LogP contribution >= 0.6 is 0 Å². The summed E-state index contributed by atoms with van der Waals surface area (Å²) >= 11 is 0. The Hall–Kier alpha value is -1.88. The molecule has 23 heavy (non-hydrogen) atoms. The van der Waals surface area contributed by atoms with Gasteiger partial charge in [0, 0.05) is 6.04 Å². The molecule has 128 valence electrons.